The van der Waals surface area contributed by atoms with Gasteiger partial charge in [0.1, 0.15) is 0 Å². The third-order valence-corrected chi connectivity index (χ3v) is 5.28. The predicted octanol–water partition coefficient (Wildman–Crippen LogP) is 1.75. The molecule has 3 heterocycles. The zero-order chi connectivity index (χ0) is 14.2. The molecule has 2 atom stereocenters. The summed E-state index contributed by atoms with van der Waals surface area (Å²) in [5.41, 5.74) is 0.706. The molecule has 0 saturated carbocycles. The Morgan fingerprint density at radius 3 is 2.85 bits per heavy atom. The van der Waals surface area contributed by atoms with Gasteiger partial charge in [-0.15, -0.1) is 6.58 Å². The molecular formula is C15H20N2O2S. The Balaban J connectivity index is 1.72. The standard InChI is InChI=1S/C15H20N2O2S/c1-2-4-16-7-13-8-17(6-12-3-5-20-9-12)11-15(13,10-16)14(18)19/h2-3,5,9,13H,1,4,6-8,10-11H2,(H,18,19)/t13-,15-/m1/s1. The van der Waals surface area contributed by atoms with Crippen molar-refractivity contribution < 1.29 is 9.90 Å². The molecule has 0 amide bonds. The van der Waals surface area contributed by atoms with Gasteiger partial charge in [0, 0.05) is 45.2 Å². The van der Waals surface area contributed by atoms with Crippen LogP contribution in [0.5, 0.6) is 0 Å². The van der Waals surface area contributed by atoms with Crippen molar-refractivity contribution in [1.82, 2.24) is 9.80 Å². The Labute approximate surface area is 123 Å². The summed E-state index contributed by atoms with van der Waals surface area (Å²) < 4.78 is 0. The third-order valence-electron chi connectivity index (χ3n) is 4.55. The summed E-state index contributed by atoms with van der Waals surface area (Å²) in [6.07, 6.45) is 1.86. The largest absolute Gasteiger partial charge is 0.481 e. The van der Waals surface area contributed by atoms with Crippen LogP contribution >= 0.6 is 11.3 Å². The van der Waals surface area contributed by atoms with Crippen LogP contribution in [0.3, 0.4) is 0 Å². The van der Waals surface area contributed by atoms with Crippen LogP contribution < -0.4 is 0 Å². The maximum Gasteiger partial charge on any atom is 0.312 e. The summed E-state index contributed by atoms with van der Waals surface area (Å²) in [7, 11) is 0. The van der Waals surface area contributed by atoms with Crippen LogP contribution in [-0.4, -0.2) is 53.6 Å². The molecule has 0 aromatic carbocycles. The van der Waals surface area contributed by atoms with E-state index in [-0.39, 0.29) is 5.92 Å². The van der Waals surface area contributed by atoms with Crippen LogP contribution in [0.15, 0.2) is 29.5 Å². The summed E-state index contributed by atoms with van der Waals surface area (Å²) in [5.74, 6) is -0.402. The second-order valence-corrected chi connectivity index (χ2v) is 6.72. The van der Waals surface area contributed by atoms with Crippen molar-refractivity contribution in [3.63, 3.8) is 0 Å². The van der Waals surface area contributed by atoms with Crippen molar-refractivity contribution in [1.29, 1.82) is 0 Å². The lowest BCUT2D eigenvalue weighted by Gasteiger charge is -2.24. The summed E-state index contributed by atoms with van der Waals surface area (Å²) in [6, 6.07) is 2.12. The number of fused-ring (bicyclic) bond motifs is 1. The molecule has 2 aliphatic rings. The topological polar surface area (TPSA) is 43.8 Å². The lowest BCUT2D eigenvalue weighted by molar-refractivity contribution is -0.148. The van der Waals surface area contributed by atoms with E-state index in [0.717, 1.165) is 26.2 Å². The number of carboxylic acids is 1. The fourth-order valence-electron chi connectivity index (χ4n) is 3.66. The van der Waals surface area contributed by atoms with Gasteiger partial charge >= 0.3 is 5.97 Å². The monoisotopic (exact) mass is 292 g/mol. The van der Waals surface area contributed by atoms with Crippen LogP contribution in [0.4, 0.5) is 0 Å². The van der Waals surface area contributed by atoms with Gasteiger partial charge in [0.25, 0.3) is 0 Å². The van der Waals surface area contributed by atoms with E-state index in [1.807, 2.05) is 6.08 Å². The van der Waals surface area contributed by atoms with Crippen molar-refractivity contribution in [2.24, 2.45) is 11.3 Å². The molecule has 0 radical (unpaired) electrons. The number of hydrogen-bond donors (Lipinski definition) is 1. The van der Waals surface area contributed by atoms with Gasteiger partial charge in [-0.2, -0.15) is 11.3 Å². The van der Waals surface area contributed by atoms with E-state index in [1.165, 1.54) is 5.56 Å². The number of hydrogen-bond acceptors (Lipinski definition) is 4. The van der Waals surface area contributed by atoms with Gasteiger partial charge in [-0.1, -0.05) is 6.08 Å². The van der Waals surface area contributed by atoms with Crippen LogP contribution in [0.1, 0.15) is 5.56 Å². The predicted molar refractivity (Wildman–Crippen MR) is 79.8 cm³/mol. The highest BCUT2D eigenvalue weighted by atomic mass is 32.1. The Bertz CT molecular complexity index is 502. The van der Waals surface area contributed by atoms with E-state index >= 15 is 0 Å². The van der Waals surface area contributed by atoms with Crippen molar-refractivity contribution in [2.45, 2.75) is 6.54 Å². The Kier molecular flexibility index (Phi) is 3.67. The molecule has 108 valence electrons. The van der Waals surface area contributed by atoms with Crippen molar-refractivity contribution in [3.8, 4) is 0 Å². The molecule has 2 fully saturated rings. The highest BCUT2D eigenvalue weighted by Crippen LogP contribution is 2.43. The van der Waals surface area contributed by atoms with Crippen molar-refractivity contribution >= 4 is 17.3 Å². The summed E-state index contributed by atoms with van der Waals surface area (Å²) in [4.78, 5) is 16.3. The molecule has 2 saturated heterocycles. The summed E-state index contributed by atoms with van der Waals surface area (Å²) >= 11 is 1.69. The number of carbonyl (C=O) groups is 1. The number of carboxylic acid groups (broad SMARTS) is 1. The first-order valence-corrected chi connectivity index (χ1v) is 7.88. The molecule has 1 aromatic rings. The lowest BCUT2D eigenvalue weighted by atomic mass is 9.81. The minimum Gasteiger partial charge on any atom is -0.481 e. The smallest absolute Gasteiger partial charge is 0.312 e. The second kappa shape index (κ2) is 5.31. The van der Waals surface area contributed by atoms with Gasteiger partial charge in [-0.05, 0) is 22.4 Å². The summed E-state index contributed by atoms with van der Waals surface area (Å²) in [5, 5.41) is 13.9. The first kappa shape index (κ1) is 13.8. The molecule has 0 aliphatic carbocycles. The summed E-state index contributed by atoms with van der Waals surface area (Å²) in [6.45, 7) is 8.48. The molecule has 5 heteroatoms. The normalized spacial score (nSPS) is 30.5. The molecule has 1 N–H and O–H groups in total. The van der Waals surface area contributed by atoms with Crippen LogP contribution in [0.25, 0.3) is 0 Å². The first-order valence-electron chi connectivity index (χ1n) is 6.94. The first-order chi connectivity index (χ1) is 9.64. The fraction of sp³-hybridized carbons (Fsp3) is 0.533. The van der Waals surface area contributed by atoms with Gasteiger partial charge in [0.2, 0.25) is 0 Å². The molecule has 20 heavy (non-hydrogen) atoms. The number of nitrogens with zero attached hydrogens (tertiary/aromatic N) is 2. The Morgan fingerprint density at radius 1 is 1.50 bits per heavy atom. The minimum atomic E-state index is -0.637. The number of likely N-dealkylation sites (tertiary alicyclic amines) is 2. The Morgan fingerprint density at radius 2 is 2.25 bits per heavy atom. The van der Waals surface area contributed by atoms with E-state index in [9.17, 15) is 9.90 Å². The van der Waals surface area contributed by atoms with Gasteiger partial charge in [0.05, 0.1) is 5.41 Å². The van der Waals surface area contributed by atoms with Gasteiger partial charge in [-0.3, -0.25) is 14.6 Å². The second-order valence-electron chi connectivity index (χ2n) is 5.94. The zero-order valence-electron chi connectivity index (χ0n) is 11.5. The van der Waals surface area contributed by atoms with Gasteiger partial charge in [0.15, 0.2) is 0 Å². The van der Waals surface area contributed by atoms with Crippen LogP contribution in [0, 0.1) is 11.3 Å². The minimum absolute atomic E-state index is 0.235. The van der Waals surface area contributed by atoms with Crippen molar-refractivity contribution in [3.05, 3.63) is 35.0 Å². The molecule has 0 spiro atoms. The lowest BCUT2D eigenvalue weighted by Crippen LogP contribution is -2.40. The highest BCUT2D eigenvalue weighted by Gasteiger charge is 2.57. The molecule has 2 aliphatic heterocycles. The SMILES string of the molecule is C=CCN1C[C@@H]2CN(Cc3ccsc3)C[C@]2(C(=O)O)C1. The maximum atomic E-state index is 11.8. The van der Waals surface area contributed by atoms with E-state index < -0.39 is 11.4 Å². The van der Waals surface area contributed by atoms with E-state index in [1.54, 1.807) is 11.3 Å². The van der Waals surface area contributed by atoms with Crippen LogP contribution in [0.2, 0.25) is 0 Å². The van der Waals surface area contributed by atoms with Crippen molar-refractivity contribution in [2.75, 3.05) is 32.7 Å². The molecule has 3 rings (SSSR count). The fourth-order valence-corrected chi connectivity index (χ4v) is 4.32. The number of rotatable bonds is 5. The average molecular weight is 292 g/mol. The van der Waals surface area contributed by atoms with E-state index in [4.69, 9.17) is 0 Å². The highest BCUT2D eigenvalue weighted by molar-refractivity contribution is 7.07. The molecule has 1 aromatic heterocycles. The Hall–Kier alpha value is -1.17. The molecule has 0 bridgehead atoms. The molecule has 0 unspecified atom stereocenters. The number of aliphatic carboxylic acids is 1. The third kappa shape index (κ3) is 2.30. The van der Waals surface area contributed by atoms with Gasteiger partial charge < -0.3 is 5.11 Å². The van der Waals surface area contributed by atoms with Gasteiger partial charge in [-0.25, -0.2) is 0 Å². The maximum absolute atomic E-state index is 11.8. The quantitative estimate of drug-likeness (QED) is 0.840. The average Bonchev–Trinajstić information content (AvgIpc) is 3.04. The van der Waals surface area contributed by atoms with E-state index in [2.05, 4.69) is 33.2 Å². The van der Waals surface area contributed by atoms with Crippen LogP contribution in [-0.2, 0) is 11.3 Å². The van der Waals surface area contributed by atoms with E-state index in [0.29, 0.717) is 13.1 Å². The molecule has 4 nitrogen and oxygen atoms in total. The zero-order valence-corrected chi connectivity index (χ0v) is 12.3. The number of thiophene rings is 1. The molecular weight excluding hydrogens is 272 g/mol.